The van der Waals surface area contributed by atoms with Crippen LogP contribution < -0.4 is 0 Å². The normalized spacial score (nSPS) is 28.6. The van der Waals surface area contributed by atoms with E-state index < -0.39 is 0 Å². The first kappa shape index (κ1) is 7.59. The summed E-state index contributed by atoms with van der Waals surface area (Å²) in [5.41, 5.74) is 2.89. The number of likely N-dealkylation sites (tertiary alicyclic amines) is 1. The molecule has 0 N–H and O–H groups in total. The molecule has 64 valence electrons. The smallest absolute Gasteiger partial charge is 0.0320 e. The lowest BCUT2D eigenvalue weighted by molar-refractivity contribution is 0.477. The molecule has 0 bridgehead atoms. The Balaban J connectivity index is 2.24. The van der Waals surface area contributed by atoms with Crippen LogP contribution in [0.1, 0.15) is 19.3 Å². The third-order valence-electron chi connectivity index (χ3n) is 2.50. The minimum atomic E-state index is 1.06. The van der Waals surface area contributed by atoms with Crippen molar-refractivity contribution in [3.63, 3.8) is 0 Å². The van der Waals surface area contributed by atoms with E-state index in [1.165, 1.54) is 30.7 Å². The minimum Gasteiger partial charge on any atom is -0.378 e. The van der Waals surface area contributed by atoms with Crippen molar-refractivity contribution >= 4 is 6.21 Å². The fourth-order valence-corrected chi connectivity index (χ4v) is 1.83. The van der Waals surface area contributed by atoms with Gasteiger partial charge in [-0.05, 0) is 24.8 Å². The molecule has 2 aliphatic heterocycles. The van der Waals surface area contributed by atoms with Gasteiger partial charge in [0.15, 0.2) is 0 Å². The van der Waals surface area contributed by atoms with Crippen LogP contribution in [0.2, 0.25) is 0 Å². The number of allylic oxidation sites excluding steroid dienone is 3. The summed E-state index contributed by atoms with van der Waals surface area (Å²) < 4.78 is 0. The van der Waals surface area contributed by atoms with Crippen molar-refractivity contribution in [2.24, 2.45) is 4.99 Å². The van der Waals surface area contributed by atoms with Gasteiger partial charge >= 0.3 is 0 Å². The number of hydrogen-bond acceptors (Lipinski definition) is 2. The average Bonchev–Trinajstić information content (AvgIpc) is 2.53. The van der Waals surface area contributed by atoms with Crippen molar-refractivity contribution in [3.05, 3.63) is 23.5 Å². The summed E-state index contributed by atoms with van der Waals surface area (Å²) in [6.07, 6.45) is 9.58. The van der Waals surface area contributed by atoms with Gasteiger partial charge in [0.25, 0.3) is 0 Å². The third kappa shape index (κ3) is 1.29. The molecule has 0 saturated carbocycles. The zero-order valence-electron chi connectivity index (χ0n) is 7.45. The molecule has 0 aromatic heterocycles. The van der Waals surface area contributed by atoms with E-state index in [1.807, 2.05) is 12.4 Å². The summed E-state index contributed by atoms with van der Waals surface area (Å²) in [5, 5.41) is 0. The molecule has 12 heavy (non-hydrogen) atoms. The Morgan fingerprint density at radius 3 is 3.00 bits per heavy atom. The lowest BCUT2D eigenvalue weighted by Crippen LogP contribution is -2.13. The Morgan fingerprint density at radius 2 is 2.42 bits per heavy atom. The van der Waals surface area contributed by atoms with E-state index in [0.717, 1.165) is 6.42 Å². The number of aliphatic imine (C=N–C) groups is 1. The Morgan fingerprint density at radius 1 is 1.50 bits per heavy atom. The van der Waals surface area contributed by atoms with E-state index in [-0.39, 0.29) is 0 Å². The van der Waals surface area contributed by atoms with E-state index in [9.17, 15) is 0 Å². The van der Waals surface area contributed by atoms with E-state index in [0.29, 0.717) is 0 Å². The van der Waals surface area contributed by atoms with Crippen molar-refractivity contribution in [3.8, 4) is 0 Å². The molecule has 0 unspecified atom stereocenters. The highest BCUT2D eigenvalue weighted by atomic mass is 15.1. The van der Waals surface area contributed by atoms with Crippen molar-refractivity contribution in [2.45, 2.75) is 19.3 Å². The SMILES string of the molecule is CN1CCCC1=C1C=NC=CC1. The third-order valence-corrected chi connectivity index (χ3v) is 2.50. The van der Waals surface area contributed by atoms with Gasteiger partial charge < -0.3 is 4.90 Å². The Labute approximate surface area is 73.3 Å². The molecule has 0 aliphatic carbocycles. The second-order valence-electron chi connectivity index (χ2n) is 3.36. The fourth-order valence-electron chi connectivity index (χ4n) is 1.83. The molecule has 1 fully saturated rings. The van der Waals surface area contributed by atoms with Gasteiger partial charge in [-0.3, -0.25) is 4.99 Å². The van der Waals surface area contributed by atoms with Crippen molar-refractivity contribution < 1.29 is 0 Å². The molecule has 0 atom stereocenters. The van der Waals surface area contributed by atoms with Gasteiger partial charge in [-0.25, -0.2) is 0 Å². The van der Waals surface area contributed by atoms with E-state index >= 15 is 0 Å². The molecule has 2 heterocycles. The minimum absolute atomic E-state index is 1.06. The van der Waals surface area contributed by atoms with Crippen LogP contribution in [0.3, 0.4) is 0 Å². The van der Waals surface area contributed by atoms with Gasteiger partial charge in [0.05, 0.1) is 0 Å². The molecular weight excluding hydrogens is 148 g/mol. The molecular formula is C10H14N2. The predicted molar refractivity (Wildman–Crippen MR) is 51.1 cm³/mol. The molecule has 2 heteroatoms. The number of hydrogen-bond donors (Lipinski definition) is 0. The van der Waals surface area contributed by atoms with Crippen LogP contribution in [-0.4, -0.2) is 24.7 Å². The lowest BCUT2D eigenvalue weighted by atomic mass is 10.1. The van der Waals surface area contributed by atoms with Crippen molar-refractivity contribution in [1.29, 1.82) is 0 Å². The molecule has 2 rings (SSSR count). The second kappa shape index (κ2) is 3.13. The van der Waals surface area contributed by atoms with Crippen LogP contribution in [0.4, 0.5) is 0 Å². The van der Waals surface area contributed by atoms with Gasteiger partial charge in [-0.2, -0.15) is 0 Å². The maximum absolute atomic E-state index is 4.15. The fraction of sp³-hybridized carbons (Fsp3) is 0.500. The Hall–Kier alpha value is -1.05. The predicted octanol–water partition coefficient (Wildman–Crippen LogP) is 1.95. The van der Waals surface area contributed by atoms with Gasteiger partial charge in [-0.15, -0.1) is 0 Å². The Kier molecular flexibility index (Phi) is 1.98. The number of rotatable bonds is 0. The van der Waals surface area contributed by atoms with E-state index in [4.69, 9.17) is 0 Å². The summed E-state index contributed by atoms with van der Waals surface area (Å²) in [4.78, 5) is 6.50. The zero-order chi connectivity index (χ0) is 8.39. The standard InChI is InChI=1S/C10H14N2/c1-12-7-3-5-10(12)9-4-2-6-11-8-9/h2,6,8H,3-5,7H2,1H3. The van der Waals surface area contributed by atoms with Gasteiger partial charge in [0.1, 0.15) is 0 Å². The first-order valence-corrected chi connectivity index (χ1v) is 4.49. The molecule has 1 saturated heterocycles. The summed E-state index contributed by atoms with van der Waals surface area (Å²) >= 11 is 0. The lowest BCUT2D eigenvalue weighted by Gasteiger charge is -2.16. The van der Waals surface area contributed by atoms with E-state index in [2.05, 4.69) is 23.0 Å². The highest BCUT2D eigenvalue weighted by Gasteiger charge is 2.16. The van der Waals surface area contributed by atoms with Gasteiger partial charge in [-0.1, -0.05) is 6.08 Å². The quantitative estimate of drug-likeness (QED) is 0.531. The highest BCUT2D eigenvalue weighted by Crippen LogP contribution is 2.24. The van der Waals surface area contributed by atoms with Crippen LogP contribution in [0.25, 0.3) is 0 Å². The van der Waals surface area contributed by atoms with Crippen LogP contribution in [-0.2, 0) is 0 Å². The van der Waals surface area contributed by atoms with Crippen LogP contribution in [0.15, 0.2) is 28.5 Å². The van der Waals surface area contributed by atoms with Crippen molar-refractivity contribution in [1.82, 2.24) is 4.90 Å². The van der Waals surface area contributed by atoms with Crippen LogP contribution in [0, 0.1) is 0 Å². The monoisotopic (exact) mass is 162 g/mol. The average molecular weight is 162 g/mol. The maximum atomic E-state index is 4.15. The molecule has 2 nitrogen and oxygen atoms in total. The molecule has 0 radical (unpaired) electrons. The highest BCUT2D eigenvalue weighted by molar-refractivity contribution is 5.81. The molecule has 0 amide bonds. The van der Waals surface area contributed by atoms with Crippen LogP contribution >= 0.6 is 0 Å². The van der Waals surface area contributed by atoms with Gasteiger partial charge in [0.2, 0.25) is 0 Å². The molecule has 2 aliphatic rings. The summed E-state index contributed by atoms with van der Waals surface area (Å²) in [7, 11) is 2.17. The van der Waals surface area contributed by atoms with E-state index in [1.54, 1.807) is 0 Å². The Bertz CT molecular complexity index is 261. The first-order valence-electron chi connectivity index (χ1n) is 4.49. The first-order chi connectivity index (χ1) is 5.88. The maximum Gasteiger partial charge on any atom is 0.0320 e. The van der Waals surface area contributed by atoms with Gasteiger partial charge in [0, 0.05) is 31.7 Å². The summed E-state index contributed by atoms with van der Waals surface area (Å²) in [6.45, 7) is 1.20. The largest absolute Gasteiger partial charge is 0.378 e. The summed E-state index contributed by atoms with van der Waals surface area (Å²) in [5.74, 6) is 0. The zero-order valence-corrected chi connectivity index (χ0v) is 7.45. The molecule has 0 spiro atoms. The number of nitrogens with zero attached hydrogens (tertiary/aromatic N) is 2. The topological polar surface area (TPSA) is 15.6 Å². The van der Waals surface area contributed by atoms with Crippen LogP contribution in [0.5, 0.6) is 0 Å². The molecule has 0 aromatic carbocycles. The second-order valence-corrected chi connectivity index (χ2v) is 3.36. The molecule has 0 aromatic rings. The summed E-state index contributed by atoms with van der Waals surface area (Å²) in [6, 6.07) is 0. The van der Waals surface area contributed by atoms with Crippen molar-refractivity contribution in [2.75, 3.05) is 13.6 Å².